The number of nitrogens with one attached hydrogen (secondary N) is 3. The van der Waals surface area contributed by atoms with Crippen LogP contribution in [-0.4, -0.2) is 21.8 Å². The molecule has 0 fully saturated rings. The summed E-state index contributed by atoms with van der Waals surface area (Å²) in [6, 6.07) is 12.9. The second-order valence-electron chi connectivity index (χ2n) is 5.62. The van der Waals surface area contributed by atoms with Gasteiger partial charge in [-0.3, -0.25) is 9.59 Å². The maximum atomic E-state index is 12.5. The lowest BCUT2D eigenvalue weighted by atomic mass is 10.2. The number of rotatable bonds is 3. The number of hydrogen-bond acceptors (Lipinski definition) is 4. The highest BCUT2D eigenvalue weighted by Gasteiger charge is 2.11. The molecule has 0 bridgehead atoms. The standard InChI is InChI=1S/C18H14N4O2S/c1-10(23)20-18-22-15-4-2-12(9-16(15)25-18)17(24)21-13-3-5-14-11(8-13)6-7-19-14/h2-9,19H,1H3,(H,21,24)(H,20,22,23). The first-order valence-corrected chi connectivity index (χ1v) is 8.47. The number of H-pyrrole nitrogens is 1. The van der Waals surface area contributed by atoms with Crippen molar-refractivity contribution in [2.45, 2.75) is 6.92 Å². The maximum Gasteiger partial charge on any atom is 0.255 e. The van der Waals surface area contributed by atoms with Crippen molar-refractivity contribution in [3.05, 3.63) is 54.2 Å². The summed E-state index contributed by atoms with van der Waals surface area (Å²) in [4.78, 5) is 31.1. The molecule has 0 unspecified atom stereocenters. The minimum absolute atomic E-state index is 0.169. The fourth-order valence-corrected chi connectivity index (χ4v) is 3.56. The van der Waals surface area contributed by atoms with E-state index in [0.29, 0.717) is 10.7 Å². The second-order valence-corrected chi connectivity index (χ2v) is 6.65. The summed E-state index contributed by atoms with van der Waals surface area (Å²) in [5.74, 6) is -0.358. The molecule has 2 amide bonds. The van der Waals surface area contributed by atoms with Crippen LogP contribution < -0.4 is 10.6 Å². The van der Waals surface area contributed by atoms with Crippen LogP contribution in [0.25, 0.3) is 21.1 Å². The number of carbonyl (C=O) groups is 2. The van der Waals surface area contributed by atoms with Crippen molar-refractivity contribution in [3.63, 3.8) is 0 Å². The molecule has 25 heavy (non-hydrogen) atoms. The van der Waals surface area contributed by atoms with Gasteiger partial charge in [-0.1, -0.05) is 11.3 Å². The second kappa shape index (κ2) is 6.03. The van der Waals surface area contributed by atoms with Crippen LogP contribution >= 0.6 is 11.3 Å². The van der Waals surface area contributed by atoms with Gasteiger partial charge in [0.05, 0.1) is 10.2 Å². The van der Waals surface area contributed by atoms with E-state index in [-0.39, 0.29) is 11.8 Å². The van der Waals surface area contributed by atoms with E-state index in [1.807, 2.05) is 30.5 Å². The molecular formula is C18H14N4O2S. The van der Waals surface area contributed by atoms with Gasteiger partial charge in [0.15, 0.2) is 5.13 Å². The van der Waals surface area contributed by atoms with Crippen LogP contribution in [0.4, 0.5) is 10.8 Å². The van der Waals surface area contributed by atoms with E-state index in [0.717, 1.165) is 26.8 Å². The van der Waals surface area contributed by atoms with Crippen LogP contribution in [0.1, 0.15) is 17.3 Å². The summed E-state index contributed by atoms with van der Waals surface area (Å²) in [6.07, 6.45) is 1.86. The summed E-state index contributed by atoms with van der Waals surface area (Å²) >= 11 is 1.34. The third-order valence-electron chi connectivity index (χ3n) is 3.74. The Morgan fingerprint density at radius 2 is 1.96 bits per heavy atom. The first-order chi connectivity index (χ1) is 12.1. The number of benzene rings is 2. The van der Waals surface area contributed by atoms with Gasteiger partial charge in [-0.15, -0.1) is 0 Å². The van der Waals surface area contributed by atoms with Crippen LogP contribution in [0.5, 0.6) is 0 Å². The lowest BCUT2D eigenvalue weighted by Crippen LogP contribution is -2.11. The molecule has 7 heteroatoms. The molecule has 0 saturated heterocycles. The molecule has 2 heterocycles. The van der Waals surface area contributed by atoms with Crippen LogP contribution in [0, 0.1) is 0 Å². The molecule has 6 nitrogen and oxygen atoms in total. The molecule has 0 saturated carbocycles. The first kappa shape index (κ1) is 15.3. The van der Waals surface area contributed by atoms with Crippen molar-refractivity contribution in [2.24, 2.45) is 0 Å². The van der Waals surface area contributed by atoms with Crippen molar-refractivity contribution < 1.29 is 9.59 Å². The Bertz CT molecular complexity index is 1110. The van der Waals surface area contributed by atoms with E-state index in [1.54, 1.807) is 18.2 Å². The molecule has 0 atom stereocenters. The Labute approximate surface area is 146 Å². The molecule has 3 N–H and O–H groups in total. The zero-order valence-corrected chi connectivity index (χ0v) is 14.1. The van der Waals surface area contributed by atoms with Gasteiger partial charge >= 0.3 is 0 Å². The molecule has 0 spiro atoms. The van der Waals surface area contributed by atoms with Crippen molar-refractivity contribution in [1.82, 2.24) is 9.97 Å². The average Bonchev–Trinajstić information content (AvgIpc) is 3.18. The molecule has 2 aromatic carbocycles. The molecule has 2 aromatic heterocycles. The molecule has 0 aliphatic rings. The lowest BCUT2D eigenvalue weighted by molar-refractivity contribution is -0.114. The largest absolute Gasteiger partial charge is 0.361 e. The summed E-state index contributed by atoms with van der Waals surface area (Å²) in [5, 5.41) is 7.13. The van der Waals surface area contributed by atoms with Gasteiger partial charge in [-0.05, 0) is 42.5 Å². The topological polar surface area (TPSA) is 86.9 Å². The third-order valence-corrected chi connectivity index (χ3v) is 4.68. The fourth-order valence-electron chi connectivity index (χ4n) is 2.60. The van der Waals surface area contributed by atoms with Crippen LogP contribution in [0.15, 0.2) is 48.7 Å². The van der Waals surface area contributed by atoms with E-state index in [1.165, 1.54) is 18.3 Å². The molecule has 0 aliphatic carbocycles. The predicted octanol–water partition coefficient (Wildman–Crippen LogP) is 3.99. The Morgan fingerprint density at radius 1 is 1.08 bits per heavy atom. The van der Waals surface area contributed by atoms with Gasteiger partial charge in [-0.25, -0.2) is 4.98 Å². The van der Waals surface area contributed by atoms with Gasteiger partial charge in [-0.2, -0.15) is 0 Å². The number of thiazole rings is 1. The number of amides is 2. The van der Waals surface area contributed by atoms with E-state index < -0.39 is 0 Å². The van der Waals surface area contributed by atoms with Crippen molar-refractivity contribution >= 4 is 55.1 Å². The van der Waals surface area contributed by atoms with Gasteiger partial charge in [0.2, 0.25) is 5.91 Å². The first-order valence-electron chi connectivity index (χ1n) is 7.65. The Hall–Kier alpha value is -3.19. The highest BCUT2D eigenvalue weighted by molar-refractivity contribution is 7.22. The molecule has 4 aromatic rings. The third kappa shape index (κ3) is 3.09. The normalized spacial score (nSPS) is 10.9. The number of aromatic amines is 1. The Kier molecular flexibility index (Phi) is 3.70. The number of anilines is 2. The summed E-state index contributed by atoms with van der Waals surface area (Å²) in [6.45, 7) is 1.44. The number of hydrogen-bond donors (Lipinski definition) is 3. The molecule has 4 rings (SSSR count). The van der Waals surface area contributed by atoms with Crippen LogP contribution in [0.2, 0.25) is 0 Å². The van der Waals surface area contributed by atoms with Gasteiger partial charge < -0.3 is 15.6 Å². The molecule has 0 aliphatic heterocycles. The summed E-state index contributed by atoms with van der Waals surface area (Å²) in [5.41, 5.74) is 3.05. The minimum Gasteiger partial charge on any atom is -0.361 e. The van der Waals surface area contributed by atoms with Gasteiger partial charge in [0.1, 0.15) is 0 Å². The Balaban J connectivity index is 1.59. The zero-order valence-electron chi connectivity index (χ0n) is 13.3. The molecule has 124 valence electrons. The number of fused-ring (bicyclic) bond motifs is 2. The fraction of sp³-hybridized carbons (Fsp3) is 0.0556. The smallest absolute Gasteiger partial charge is 0.255 e. The summed E-state index contributed by atoms with van der Waals surface area (Å²) in [7, 11) is 0. The minimum atomic E-state index is -0.189. The van der Waals surface area contributed by atoms with Crippen molar-refractivity contribution in [2.75, 3.05) is 10.6 Å². The van der Waals surface area contributed by atoms with Crippen LogP contribution in [0.3, 0.4) is 0 Å². The van der Waals surface area contributed by atoms with Crippen molar-refractivity contribution in [3.8, 4) is 0 Å². The highest BCUT2D eigenvalue weighted by atomic mass is 32.1. The maximum absolute atomic E-state index is 12.5. The van der Waals surface area contributed by atoms with Gasteiger partial charge in [0, 0.05) is 35.3 Å². The summed E-state index contributed by atoms with van der Waals surface area (Å²) < 4.78 is 0.845. The lowest BCUT2D eigenvalue weighted by Gasteiger charge is -2.05. The van der Waals surface area contributed by atoms with E-state index in [4.69, 9.17) is 0 Å². The van der Waals surface area contributed by atoms with E-state index >= 15 is 0 Å². The quantitative estimate of drug-likeness (QED) is 0.522. The van der Waals surface area contributed by atoms with E-state index in [9.17, 15) is 9.59 Å². The number of nitrogens with zero attached hydrogens (tertiary/aromatic N) is 1. The molecular weight excluding hydrogens is 336 g/mol. The van der Waals surface area contributed by atoms with Crippen LogP contribution in [-0.2, 0) is 4.79 Å². The Morgan fingerprint density at radius 3 is 2.80 bits per heavy atom. The number of carbonyl (C=O) groups excluding carboxylic acids is 2. The monoisotopic (exact) mass is 350 g/mol. The molecule has 0 radical (unpaired) electrons. The number of aromatic nitrogens is 2. The average molecular weight is 350 g/mol. The zero-order chi connectivity index (χ0) is 17.4. The highest BCUT2D eigenvalue weighted by Crippen LogP contribution is 2.27. The SMILES string of the molecule is CC(=O)Nc1nc2ccc(C(=O)Nc3ccc4[nH]ccc4c3)cc2s1. The van der Waals surface area contributed by atoms with Crippen molar-refractivity contribution in [1.29, 1.82) is 0 Å². The van der Waals surface area contributed by atoms with Gasteiger partial charge in [0.25, 0.3) is 5.91 Å². The predicted molar refractivity (Wildman–Crippen MR) is 100 cm³/mol. The van der Waals surface area contributed by atoms with E-state index in [2.05, 4.69) is 20.6 Å².